The Morgan fingerprint density at radius 3 is 2.26 bits per heavy atom. The molecule has 0 amide bonds. The first kappa shape index (κ1) is 28.1. The van der Waals surface area contributed by atoms with E-state index >= 15 is 0 Å². The number of hydrogen-bond acceptors (Lipinski definition) is 5. The van der Waals surface area contributed by atoms with Gasteiger partial charge in [0, 0.05) is 18.6 Å². The van der Waals surface area contributed by atoms with E-state index in [0.29, 0.717) is 19.8 Å². The normalized spacial score (nSPS) is 12.4. The topological polar surface area (TPSA) is 69.4 Å². The molecule has 0 saturated heterocycles. The molecule has 0 spiro atoms. The first-order valence-corrected chi connectivity index (χ1v) is 14.4. The number of aromatic nitrogens is 3. The van der Waals surface area contributed by atoms with Crippen molar-refractivity contribution in [3.05, 3.63) is 66.6 Å². The van der Waals surface area contributed by atoms with Gasteiger partial charge in [-0.25, -0.2) is 4.98 Å². The smallest absolute Gasteiger partial charge is 0.119 e. The average molecular weight is 518 g/mol. The molecule has 0 bridgehead atoms. The molecule has 6 heteroatoms. The molecule has 2 heterocycles. The maximum absolute atomic E-state index is 8.82. The molecule has 0 aliphatic rings. The van der Waals surface area contributed by atoms with Crippen molar-refractivity contribution in [1.82, 2.24) is 14.5 Å². The zero-order valence-corrected chi connectivity index (χ0v) is 22.9. The van der Waals surface area contributed by atoms with Crippen molar-refractivity contribution in [2.24, 2.45) is 0 Å². The lowest BCUT2D eigenvalue weighted by Crippen LogP contribution is -2.18. The van der Waals surface area contributed by atoms with Crippen LogP contribution in [0.15, 0.2) is 61.1 Å². The summed E-state index contributed by atoms with van der Waals surface area (Å²) in [6.07, 6.45) is 15.5. The number of unbranched alkanes of at least 4 members (excludes halogenated alkanes) is 8. The van der Waals surface area contributed by atoms with Crippen molar-refractivity contribution < 1.29 is 14.6 Å². The maximum Gasteiger partial charge on any atom is 0.119 e. The van der Waals surface area contributed by atoms with Crippen LogP contribution in [0.4, 0.5) is 0 Å². The predicted molar refractivity (Wildman–Crippen MR) is 155 cm³/mol. The Morgan fingerprint density at radius 1 is 0.816 bits per heavy atom. The van der Waals surface area contributed by atoms with Gasteiger partial charge in [0.1, 0.15) is 11.3 Å². The van der Waals surface area contributed by atoms with Crippen LogP contribution in [0, 0.1) is 0 Å². The molecule has 4 rings (SSSR count). The molecule has 4 aromatic rings. The van der Waals surface area contributed by atoms with E-state index < -0.39 is 0 Å². The Labute approximate surface area is 227 Å². The standard InChI is InChI=1S/C32H43N3O3/c1-2-37-24-27(35-25-34-31-23-33-30-15-11-10-14-29(30)32(31)35)22-26-16-18-28(19-17-26)38-21-13-9-7-5-3-4-6-8-12-20-36/h10-11,14-19,23,25,27,36H,2-9,12-13,20-22,24H2,1H3. The van der Waals surface area contributed by atoms with E-state index in [1.54, 1.807) is 0 Å². The summed E-state index contributed by atoms with van der Waals surface area (Å²) in [5, 5.41) is 9.94. The van der Waals surface area contributed by atoms with Gasteiger partial charge in [0.15, 0.2) is 0 Å². The predicted octanol–water partition coefficient (Wildman–Crippen LogP) is 7.29. The number of imidazole rings is 1. The second-order valence-corrected chi connectivity index (χ2v) is 10.1. The Kier molecular flexibility index (Phi) is 11.4. The second-order valence-electron chi connectivity index (χ2n) is 10.1. The van der Waals surface area contributed by atoms with Gasteiger partial charge in [0.2, 0.25) is 0 Å². The molecular weight excluding hydrogens is 474 g/mol. The lowest BCUT2D eigenvalue weighted by Gasteiger charge is -2.20. The van der Waals surface area contributed by atoms with Crippen molar-refractivity contribution >= 4 is 21.9 Å². The molecule has 6 nitrogen and oxygen atoms in total. The molecule has 0 fully saturated rings. The van der Waals surface area contributed by atoms with Crippen molar-refractivity contribution in [3.63, 3.8) is 0 Å². The Morgan fingerprint density at radius 2 is 1.53 bits per heavy atom. The highest BCUT2D eigenvalue weighted by Crippen LogP contribution is 2.28. The number of benzene rings is 2. The van der Waals surface area contributed by atoms with E-state index in [1.807, 2.05) is 31.6 Å². The van der Waals surface area contributed by atoms with E-state index in [0.717, 1.165) is 60.0 Å². The van der Waals surface area contributed by atoms with Crippen LogP contribution in [-0.4, -0.2) is 46.1 Å². The summed E-state index contributed by atoms with van der Waals surface area (Å²) in [6.45, 7) is 4.44. The number of para-hydroxylation sites is 1. The number of fused-ring (bicyclic) bond motifs is 3. The van der Waals surface area contributed by atoms with Crippen LogP contribution in [0.5, 0.6) is 5.75 Å². The van der Waals surface area contributed by atoms with Gasteiger partial charge in [-0.05, 0) is 49.9 Å². The summed E-state index contributed by atoms with van der Waals surface area (Å²) in [4.78, 5) is 9.22. The van der Waals surface area contributed by atoms with E-state index in [1.165, 1.54) is 44.1 Å². The Bertz CT molecular complexity index is 1220. The average Bonchev–Trinajstić information content (AvgIpc) is 3.39. The van der Waals surface area contributed by atoms with Crippen LogP contribution >= 0.6 is 0 Å². The molecule has 0 aliphatic carbocycles. The minimum absolute atomic E-state index is 0.132. The summed E-state index contributed by atoms with van der Waals surface area (Å²) in [7, 11) is 0. The van der Waals surface area contributed by atoms with Crippen LogP contribution in [-0.2, 0) is 11.2 Å². The molecule has 0 aliphatic heterocycles. The number of aliphatic hydroxyl groups is 1. The van der Waals surface area contributed by atoms with Gasteiger partial charge >= 0.3 is 0 Å². The molecule has 1 N–H and O–H groups in total. The lowest BCUT2D eigenvalue weighted by molar-refractivity contribution is 0.114. The Hall–Kier alpha value is -2.96. The molecule has 1 atom stereocenters. The highest BCUT2D eigenvalue weighted by molar-refractivity contribution is 6.02. The molecule has 0 saturated carbocycles. The van der Waals surface area contributed by atoms with Gasteiger partial charge in [0.05, 0.1) is 42.8 Å². The van der Waals surface area contributed by atoms with Crippen LogP contribution < -0.4 is 4.74 Å². The van der Waals surface area contributed by atoms with Crippen molar-refractivity contribution in [2.45, 2.75) is 77.2 Å². The van der Waals surface area contributed by atoms with Crippen LogP contribution in [0.1, 0.15) is 76.3 Å². The van der Waals surface area contributed by atoms with Crippen molar-refractivity contribution in [3.8, 4) is 5.75 Å². The largest absolute Gasteiger partial charge is 0.494 e. The van der Waals surface area contributed by atoms with Gasteiger partial charge < -0.3 is 19.1 Å². The fraction of sp³-hybridized carbons (Fsp3) is 0.500. The third-order valence-electron chi connectivity index (χ3n) is 7.18. The first-order chi connectivity index (χ1) is 18.8. The number of nitrogens with zero attached hydrogens (tertiary/aromatic N) is 3. The van der Waals surface area contributed by atoms with E-state index in [-0.39, 0.29) is 6.04 Å². The minimum atomic E-state index is 0.132. The summed E-state index contributed by atoms with van der Waals surface area (Å²) in [5.74, 6) is 0.934. The number of ether oxygens (including phenoxy) is 2. The third kappa shape index (κ3) is 8.02. The first-order valence-electron chi connectivity index (χ1n) is 14.4. The summed E-state index contributed by atoms with van der Waals surface area (Å²) in [5.41, 5.74) is 4.25. The minimum Gasteiger partial charge on any atom is -0.494 e. The van der Waals surface area contributed by atoms with Gasteiger partial charge in [-0.1, -0.05) is 75.3 Å². The van der Waals surface area contributed by atoms with Crippen LogP contribution in [0.2, 0.25) is 0 Å². The van der Waals surface area contributed by atoms with Gasteiger partial charge in [-0.3, -0.25) is 4.98 Å². The quantitative estimate of drug-likeness (QED) is 0.140. The van der Waals surface area contributed by atoms with Gasteiger partial charge in [0.25, 0.3) is 0 Å². The summed E-state index contributed by atoms with van der Waals surface area (Å²) in [6, 6.07) is 16.9. The molecule has 0 radical (unpaired) electrons. The second kappa shape index (κ2) is 15.5. The lowest BCUT2D eigenvalue weighted by atomic mass is 10.1. The number of pyridine rings is 1. The molecule has 204 valence electrons. The molecular formula is C32H43N3O3. The zero-order valence-electron chi connectivity index (χ0n) is 22.9. The molecule has 38 heavy (non-hydrogen) atoms. The maximum atomic E-state index is 8.82. The third-order valence-corrected chi connectivity index (χ3v) is 7.18. The van der Waals surface area contributed by atoms with E-state index in [2.05, 4.69) is 50.9 Å². The number of hydrogen-bond donors (Lipinski definition) is 1. The van der Waals surface area contributed by atoms with Crippen molar-refractivity contribution in [2.75, 3.05) is 26.4 Å². The van der Waals surface area contributed by atoms with Gasteiger partial charge in [-0.2, -0.15) is 0 Å². The highest BCUT2D eigenvalue weighted by Gasteiger charge is 2.17. The zero-order chi connectivity index (χ0) is 26.4. The molecule has 2 aromatic heterocycles. The summed E-state index contributed by atoms with van der Waals surface area (Å²) < 4.78 is 14.2. The highest BCUT2D eigenvalue weighted by atomic mass is 16.5. The fourth-order valence-electron chi connectivity index (χ4n) is 5.07. The van der Waals surface area contributed by atoms with Crippen LogP contribution in [0.3, 0.4) is 0 Å². The molecule has 1 unspecified atom stereocenters. The Balaban J connectivity index is 1.28. The van der Waals surface area contributed by atoms with Gasteiger partial charge in [-0.15, -0.1) is 0 Å². The van der Waals surface area contributed by atoms with E-state index in [9.17, 15) is 0 Å². The number of rotatable bonds is 18. The van der Waals surface area contributed by atoms with E-state index in [4.69, 9.17) is 14.6 Å². The SMILES string of the molecule is CCOCC(Cc1ccc(OCCCCCCCCCCCO)cc1)n1cnc2cnc3ccccc3c21. The number of aliphatic hydroxyl groups excluding tert-OH is 1. The van der Waals surface area contributed by atoms with Crippen molar-refractivity contribution in [1.29, 1.82) is 0 Å². The summed E-state index contributed by atoms with van der Waals surface area (Å²) >= 11 is 0. The fourth-order valence-corrected chi connectivity index (χ4v) is 5.07. The monoisotopic (exact) mass is 517 g/mol. The molecule has 2 aromatic carbocycles. The van der Waals surface area contributed by atoms with Crippen LogP contribution in [0.25, 0.3) is 21.9 Å².